The fourth-order valence-corrected chi connectivity index (χ4v) is 1.26. The Hall–Kier alpha value is 4.08. The number of rotatable bonds is 2. The van der Waals surface area contributed by atoms with Gasteiger partial charge in [-0.2, -0.15) is 0 Å². The molecule has 1 aliphatic heterocycles. The van der Waals surface area contributed by atoms with Crippen molar-refractivity contribution in [1.29, 1.82) is 0 Å². The van der Waals surface area contributed by atoms with E-state index in [1.165, 1.54) is 7.11 Å². The summed E-state index contributed by atoms with van der Waals surface area (Å²) in [5, 5.41) is 36.6. The quantitative estimate of drug-likeness (QED) is 0.244. The van der Waals surface area contributed by atoms with Crippen molar-refractivity contribution in [2.45, 2.75) is 30.7 Å². The molecule has 9 heteroatoms. The molecule has 0 bridgehead atoms. The van der Waals surface area contributed by atoms with Gasteiger partial charge >= 0.3 is 0 Å². The molecule has 5 unspecified atom stereocenters. The predicted molar refractivity (Wildman–Crippen MR) is 40.8 cm³/mol. The average Bonchev–Trinajstić information content (AvgIpc) is 2.15. The van der Waals surface area contributed by atoms with Gasteiger partial charge in [-0.3, -0.25) is 0 Å². The van der Waals surface area contributed by atoms with E-state index in [9.17, 15) is 15.3 Å². The Morgan fingerprint density at radius 1 is 1.00 bits per heavy atom. The third-order valence-corrected chi connectivity index (χ3v) is 2.08. The Bertz CT molecular complexity index is 154. The molecule has 0 aromatic rings. The van der Waals surface area contributed by atoms with Crippen molar-refractivity contribution in [2.24, 2.45) is 0 Å². The van der Waals surface area contributed by atoms with Gasteiger partial charge in [-0.15, -0.1) is 0 Å². The van der Waals surface area contributed by atoms with Gasteiger partial charge in [0, 0.05) is 139 Å². The van der Waals surface area contributed by atoms with Crippen LogP contribution >= 0.6 is 0 Å². The molecule has 16 heavy (non-hydrogen) atoms. The Morgan fingerprint density at radius 2 is 1.50 bits per heavy atom. The minimum Gasteiger partial charge on any atom is -0.394 e. The van der Waals surface area contributed by atoms with E-state index in [4.69, 9.17) is 14.6 Å². The zero-order chi connectivity index (χ0) is 10.0. The summed E-state index contributed by atoms with van der Waals surface area (Å²) < 4.78 is 9.65. The van der Waals surface area contributed by atoms with Crippen LogP contribution in [0.2, 0.25) is 0 Å². The van der Waals surface area contributed by atoms with E-state index in [0.29, 0.717) is 0 Å². The number of aliphatic hydroxyl groups excluding tert-OH is 4. The van der Waals surface area contributed by atoms with Gasteiger partial charge in [0.05, 0.1) is 6.61 Å². The molecule has 1 saturated heterocycles. The number of ether oxygens (including phenoxy) is 2. The largest absolute Gasteiger partial charge is 0.394 e. The third-order valence-electron chi connectivity index (χ3n) is 2.08. The SMILES string of the molecule is COC1OC(CO)C(O)C(O)C1O.[Ac].[Ac].[Ac]. The molecule has 0 aromatic carbocycles. The van der Waals surface area contributed by atoms with Crippen LogP contribution < -0.4 is 0 Å². The Kier molecular flexibility index (Phi) is 20.0. The summed E-state index contributed by atoms with van der Waals surface area (Å²) in [4.78, 5) is 0. The van der Waals surface area contributed by atoms with E-state index in [2.05, 4.69) is 0 Å². The first-order valence-corrected chi connectivity index (χ1v) is 3.95. The standard InChI is InChI=1S/C7H14O6.3Ac/c1-12-7-6(11)5(10)4(9)3(2-8)13-7;;;/h3-11H,2H2,1H3;;;. The molecule has 3 radical (unpaired) electrons. The first kappa shape index (κ1) is 25.1. The summed E-state index contributed by atoms with van der Waals surface area (Å²) in [6.45, 7) is -0.440. The maximum absolute atomic E-state index is 9.28. The van der Waals surface area contributed by atoms with Crippen LogP contribution in [-0.4, -0.2) is 64.8 Å². The monoisotopic (exact) mass is 875 g/mol. The minimum atomic E-state index is -1.36. The Labute approximate surface area is 201 Å². The Balaban J connectivity index is -0.000000563. The van der Waals surface area contributed by atoms with E-state index in [1.54, 1.807) is 0 Å². The van der Waals surface area contributed by atoms with Gasteiger partial charge in [0.1, 0.15) is 24.4 Å². The van der Waals surface area contributed by atoms with Crippen molar-refractivity contribution in [2.75, 3.05) is 13.7 Å². The fraction of sp³-hybridized carbons (Fsp3) is 1.00. The van der Waals surface area contributed by atoms with Gasteiger partial charge in [0.25, 0.3) is 0 Å². The van der Waals surface area contributed by atoms with Gasteiger partial charge in [-0.1, -0.05) is 0 Å². The van der Waals surface area contributed by atoms with Crippen LogP contribution in [0.1, 0.15) is 0 Å². The molecular formula is C7H14Ac3O6. The van der Waals surface area contributed by atoms with Crippen molar-refractivity contribution in [3.63, 3.8) is 0 Å². The summed E-state index contributed by atoms with van der Waals surface area (Å²) in [6.07, 6.45) is -5.91. The van der Waals surface area contributed by atoms with Crippen LogP contribution in [0.5, 0.6) is 0 Å². The van der Waals surface area contributed by atoms with Crippen molar-refractivity contribution < 1.29 is 162 Å². The fourth-order valence-electron chi connectivity index (χ4n) is 1.26. The van der Waals surface area contributed by atoms with E-state index >= 15 is 0 Å². The van der Waals surface area contributed by atoms with Crippen LogP contribution in [0.3, 0.4) is 0 Å². The van der Waals surface area contributed by atoms with Crippen LogP contribution in [0.25, 0.3) is 0 Å². The van der Waals surface area contributed by atoms with Crippen molar-refractivity contribution >= 4 is 0 Å². The summed E-state index contributed by atoms with van der Waals surface area (Å²) in [5.74, 6) is 0. The number of aliphatic hydroxyl groups is 4. The molecule has 6 nitrogen and oxygen atoms in total. The predicted octanol–water partition coefficient (Wildman–Crippen LogP) is -2.57. The number of hydrogen-bond donors (Lipinski definition) is 4. The maximum atomic E-state index is 9.28. The van der Waals surface area contributed by atoms with Crippen LogP contribution in [0, 0.1) is 132 Å². The van der Waals surface area contributed by atoms with E-state index in [-0.39, 0.29) is 132 Å². The zero-order valence-corrected chi connectivity index (χ0v) is 23.2. The van der Waals surface area contributed by atoms with Gasteiger partial charge in [0.15, 0.2) is 6.29 Å². The van der Waals surface area contributed by atoms with Gasteiger partial charge in [-0.25, -0.2) is 0 Å². The molecule has 5 atom stereocenters. The first-order valence-electron chi connectivity index (χ1n) is 3.95. The summed E-state index contributed by atoms with van der Waals surface area (Å²) >= 11 is 0. The molecule has 0 aliphatic carbocycles. The van der Waals surface area contributed by atoms with E-state index < -0.39 is 37.3 Å². The second-order valence-corrected chi connectivity index (χ2v) is 2.93. The molecule has 0 saturated carbocycles. The van der Waals surface area contributed by atoms with E-state index in [0.717, 1.165) is 0 Å². The summed E-state index contributed by atoms with van der Waals surface area (Å²) in [6, 6.07) is 0. The normalized spacial score (nSPS) is 37.7. The molecule has 1 fully saturated rings. The average molecular weight is 875 g/mol. The van der Waals surface area contributed by atoms with Crippen molar-refractivity contribution in [3.8, 4) is 0 Å². The molecular weight excluding hydrogens is 861 g/mol. The topological polar surface area (TPSA) is 99.4 Å². The van der Waals surface area contributed by atoms with Crippen LogP contribution in [-0.2, 0) is 9.47 Å². The number of hydrogen-bond acceptors (Lipinski definition) is 6. The third kappa shape index (κ3) is 6.69. The minimum absolute atomic E-state index is 0. The van der Waals surface area contributed by atoms with E-state index in [1.807, 2.05) is 0 Å². The molecule has 1 heterocycles. The van der Waals surface area contributed by atoms with Crippen LogP contribution in [0.4, 0.5) is 0 Å². The smallest absolute Gasteiger partial charge is 0.186 e. The molecule has 0 amide bonds. The first-order chi connectivity index (χ1) is 6.11. The molecule has 87 valence electrons. The van der Waals surface area contributed by atoms with Gasteiger partial charge in [0.2, 0.25) is 0 Å². The van der Waals surface area contributed by atoms with Crippen molar-refractivity contribution in [3.05, 3.63) is 0 Å². The zero-order valence-electron chi connectivity index (χ0n) is 8.93. The summed E-state index contributed by atoms with van der Waals surface area (Å²) in [5.41, 5.74) is 0. The number of methoxy groups -OCH3 is 1. The molecule has 0 spiro atoms. The molecule has 4 N–H and O–H groups in total. The van der Waals surface area contributed by atoms with Crippen molar-refractivity contribution in [1.82, 2.24) is 0 Å². The second kappa shape index (κ2) is 12.8. The second-order valence-electron chi connectivity index (χ2n) is 2.93. The van der Waals surface area contributed by atoms with Gasteiger partial charge in [-0.05, 0) is 0 Å². The molecule has 0 aromatic heterocycles. The van der Waals surface area contributed by atoms with Crippen LogP contribution in [0.15, 0.2) is 0 Å². The summed E-state index contributed by atoms with van der Waals surface area (Å²) in [7, 11) is 1.30. The van der Waals surface area contributed by atoms with Gasteiger partial charge < -0.3 is 29.9 Å². The molecule has 1 rings (SSSR count). The maximum Gasteiger partial charge on any atom is 0.186 e. The molecule has 1 aliphatic rings. The Morgan fingerprint density at radius 3 is 1.88 bits per heavy atom.